The fraction of sp³-hybridized carbons (Fsp3) is 0.381. The molecular weight excluding hydrogens is 296 g/mol. The van der Waals surface area contributed by atoms with Crippen LogP contribution in [0.25, 0.3) is 0 Å². The highest BCUT2D eigenvalue weighted by molar-refractivity contribution is 5.20. The second kappa shape index (κ2) is 7.29. The zero-order valence-corrected chi connectivity index (χ0v) is 14.0. The molecule has 0 amide bonds. The Hall–Kier alpha value is -1.97. The Kier molecular flexibility index (Phi) is 4.72. The average Bonchev–Trinajstić information content (AvgIpc) is 2.62. The van der Waals surface area contributed by atoms with Gasteiger partial charge >= 0.3 is 0 Å². The Morgan fingerprint density at radius 1 is 1.00 bits per heavy atom. The van der Waals surface area contributed by atoms with Crippen molar-refractivity contribution in [1.29, 1.82) is 0 Å². The van der Waals surface area contributed by atoms with Crippen LogP contribution in [-0.2, 0) is 17.7 Å². The summed E-state index contributed by atoms with van der Waals surface area (Å²) in [6.07, 6.45) is 7.60. The van der Waals surface area contributed by atoms with Crippen LogP contribution < -0.4 is 0 Å². The third kappa shape index (κ3) is 3.58. The van der Waals surface area contributed by atoms with Crippen molar-refractivity contribution < 1.29 is 4.74 Å². The molecule has 2 bridgehead atoms. The number of ether oxygens (including phenoxy) is 1. The highest BCUT2D eigenvalue weighted by atomic mass is 16.5. The van der Waals surface area contributed by atoms with E-state index in [-0.39, 0.29) is 0 Å². The average molecular weight is 320 g/mol. The summed E-state index contributed by atoms with van der Waals surface area (Å²) in [5.41, 5.74) is 4.15. The first kappa shape index (κ1) is 15.6. The first-order valence-electron chi connectivity index (χ1n) is 8.85. The number of aromatic nitrogens is 1. The maximum absolute atomic E-state index is 5.82. The minimum absolute atomic E-state index is 0.413. The van der Waals surface area contributed by atoms with Crippen molar-refractivity contribution in [2.24, 2.45) is 0 Å². The van der Waals surface area contributed by atoms with E-state index in [1.54, 1.807) is 5.57 Å². The molecule has 2 aliphatic heterocycles. The molecule has 0 spiro atoms. The number of rotatable bonds is 5. The van der Waals surface area contributed by atoms with Gasteiger partial charge in [-0.2, -0.15) is 0 Å². The molecule has 2 aliphatic rings. The van der Waals surface area contributed by atoms with Crippen molar-refractivity contribution in [3.8, 4) is 0 Å². The van der Waals surface area contributed by atoms with E-state index in [1.807, 2.05) is 12.3 Å². The molecule has 0 saturated carbocycles. The van der Waals surface area contributed by atoms with Crippen LogP contribution in [0.4, 0.5) is 0 Å². The first-order chi connectivity index (χ1) is 11.9. The van der Waals surface area contributed by atoms with E-state index in [9.17, 15) is 0 Å². The summed E-state index contributed by atoms with van der Waals surface area (Å²) in [5.74, 6) is 0. The van der Waals surface area contributed by atoms with Crippen LogP contribution in [-0.4, -0.2) is 35.2 Å². The molecule has 3 heteroatoms. The predicted molar refractivity (Wildman–Crippen MR) is 95.6 cm³/mol. The van der Waals surface area contributed by atoms with Gasteiger partial charge in [0.05, 0.1) is 19.3 Å². The molecule has 2 atom stereocenters. The lowest BCUT2D eigenvalue weighted by molar-refractivity contribution is -0.0442. The molecule has 3 heterocycles. The van der Waals surface area contributed by atoms with Crippen LogP contribution in [0, 0.1) is 0 Å². The number of nitrogens with zero attached hydrogens (tertiary/aromatic N) is 2. The van der Waals surface area contributed by atoms with Crippen molar-refractivity contribution in [3.05, 3.63) is 77.6 Å². The van der Waals surface area contributed by atoms with Gasteiger partial charge in [0.25, 0.3) is 0 Å². The van der Waals surface area contributed by atoms with Crippen molar-refractivity contribution in [2.75, 3.05) is 13.2 Å². The van der Waals surface area contributed by atoms with Crippen LogP contribution in [0.1, 0.15) is 24.1 Å². The molecule has 4 rings (SSSR count). The second-order valence-corrected chi connectivity index (χ2v) is 6.77. The largest absolute Gasteiger partial charge is 0.378 e. The molecule has 1 fully saturated rings. The first-order valence-corrected chi connectivity index (χ1v) is 8.85. The van der Waals surface area contributed by atoms with Gasteiger partial charge < -0.3 is 4.74 Å². The predicted octanol–water partition coefficient (Wildman–Crippen LogP) is 3.61. The highest BCUT2D eigenvalue weighted by Gasteiger charge is 2.34. The van der Waals surface area contributed by atoms with Crippen LogP contribution in [0.2, 0.25) is 0 Å². The summed E-state index contributed by atoms with van der Waals surface area (Å²) in [7, 11) is 0. The molecule has 0 radical (unpaired) electrons. The van der Waals surface area contributed by atoms with Crippen LogP contribution in [0.15, 0.2) is 66.4 Å². The number of benzene rings is 1. The Balaban J connectivity index is 1.44. The van der Waals surface area contributed by atoms with Gasteiger partial charge in [-0.15, -0.1) is 0 Å². The molecule has 2 unspecified atom stereocenters. The number of aryl methyl sites for hydroxylation is 1. The van der Waals surface area contributed by atoms with Crippen molar-refractivity contribution in [3.63, 3.8) is 0 Å². The minimum Gasteiger partial charge on any atom is -0.378 e. The zero-order valence-electron chi connectivity index (χ0n) is 14.0. The number of morpholine rings is 1. The normalized spacial score (nSPS) is 23.8. The molecule has 1 saturated heterocycles. The third-order valence-corrected chi connectivity index (χ3v) is 5.06. The standard InChI is InChI=1S/C21H24N2O/c1-2-6-17(7-3-1)14-23-20-12-18(13-21(23)16-24-15-20)9-10-19-8-4-5-11-22-19/h1-8,11-12,20-21H,9-10,13-16H2. The molecule has 0 aliphatic carbocycles. The van der Waals surface area contributed by atoms with Crippen molar-refractivity contribution in [2.45, 2.75) is 37.9 Å². The van der Waals surface area contributed by atoms with Gasteiger partial charge in [0.1, 0.15) is 0 Å². The molecule has 2 aromatic rings. The SMILES string of the molecule is C1=C(CCc2ccccn2)CC2COCC1N2Cc1ccccc1. The van der Waals surface area contributed by atoms with Crippen LogP contribution >= 0.6 is 0 Å². The summed E-state index contributed by atoms with van der Waals surface area (Å²) in [6, 6.07) is 17.9. The summed E-state index contributed by atoms with van der Waals surface area (Å²) < 4.78 is 5.82. The van der Waals surface area contributed by atoms with Gasteiger partial charge in [0, 0.05) is 24.5 Å². The number of pyridine rings is 1. The Labute approximate surface area is 144 Å². The van der Waals surface area contributed by atoms with Crippen molar-refractivity contribution >= 4 is 0 Å². The van der Waals surface area contributed by atoms with Crippen LogP contribution in [0.3, 0.4) is 0 Å². The molecular formula is C21H24N2O. The van der Waals surface area contributed by atoms with Gasteiger partial charge in [-0.3, -0.25) is 9.88 Å². The summed E-state index contributed by atoms with van der Waals surface area (Å²) in [5, 5.41) is 0. The lowest BCUT2D eigenvalue weighted by Gasteiger charge is -2.45. The van der Waals surface area contributed by atoms with E-state index in [0.29, 0.717) is 12.1 Å². The molecule has 124 valence electrons. The molecule has 3 nitrogen and oxygen atoms in total. The molecule has 0 N–H and O–H groups in total. The lowest BCUT2D eigenvalue weighted by atomic mass is 9.90. The van der Waals surface area contributed by atoms with E-state index in [1.165, 1.54) is 11.3 Å². The number of hydrogen-bond donors (Lipinski definition) is 0. The van der Waals surface area contributed by atoms with Gasteiger partial charge in [-0.1, -0.05) is 48.0 Å². The van der Waals surface area contributed by atoms with Crippen LogP contribution in [0.5, 0.6) is 0 Å². The molecule has 1 aromatic carbocycles. The van der Waals surface area contributed by atoms with E-state index >= 15 is 0 Å². The molecule has 1 aromatic heterocycles. The second-order valence-electron chi connectivity index (χ2n) is 6.77. The monoisotopic (exact) mass is 320 g/mol. The van der Waals surface area contributed by atoms with E-state index < -0.39 is 0 Å². The zero-order chi connectivity index (χ0) is 16.2. The summed E-state index contributed by atoms with van der Waals surface area (Å²) in [6.45, 7) is 2.68. The minimum atomic E-state index is 0.413. The maximum atomic E-state index is 5.82. The van der Waals surface area contributed by atoms with Gasteiger partial charge in [0.15, 0.2) is 0 Å². The smallest absolute Gasteiger partial charge is 0.0658 e. The van der Waals surface area contributed by atoms with Gasteiger partial charge in [-0.05, 0) is 37.0 Å². The van der Waals surface area contributed by atoms with E-state index in [0.717, 1.165) is 39.0 Å². The summed E-state index contributed by atoms with van der Waals surface area (Å²) in [4.78, 5) is 7.06. The fourth-order valence-corrected chi connectivity index (χ4v) is 3.81. The Morgan fingerprint density at radius 2 is 1.88 bits per heavy atom. The van der Waals surface area contributed by atoms with Gasteiger partial charge in [0.2, 0.25) is 0 Å². The topological polar surface area (TPSA) is 25.4 Å². The maximum Gasteiger partial charge on any atom is 0.0658 e. The Morgan fingerprint density at radius 3 is 2.67 bits per heavy atom. The fourth-order valence-electron chi connectivity index (χ4n) is 3.81. The van der Waals surface area contributed by atoms with E-state index in [2.05, 4.69) is 58.4 Å². The van der Waals surface area contributed by atoms with E-state index in [4.69, 9.17) is 4.74 Å². The quantitative estimate of drug-likeness (QED) is 0.787. The molecule has 24 heavy (non-hydrogen) atoms. The summed E-state index contributed by atoms with van der Waals surface area (Å²) >= 11 is 0. The number of hydrogen-bond acceptors (Lipinski definition) is 3. The van der Waals surface area contributed by atoms with Crippen molar-refractivity contribution in [1.82, 2.24) is 9.88 Å². The number of fused-ring (bicyclic) bond motifs is 2. The lowest BCUT2D eigenvalue weighted by Crippen LogP contribution is -2.53. The highest BCUT2D eigenvalue weighted by Crippen LogP contribution is 2.30. The van der Waals surface area contributed by atoms with Gasteiger partial charge in [-0.25, -0.2) is 0 Å². The Bertz CT molecular complexity index is 683. The third-order valence-electron chi connectivity index (χ3n) is 5.06.